The molecule has 0 aliphatic carbocycles. The zero-order valence-corrected chi connectivity index (χ0v) is 9.51. The number of hydrogen-bond acceptors (Lipinski definition) is 2. The molecule has 0 radical (unpaired) electrons. The predicted octanol–water partition coefficient (Wildman–Crippen LogP) is 3.11. The number of hydrogen-bond donors (Lipinski definition) is 2. The zero-order chi connectivity index (χ0) is 11.4. The minimum atomic E-state index is -0.965. The summed E-state index contributed by atoms with van der Waals surface area (Å²) < 4.78 is 0. The van der Waals surface area contributed by atoms with Crippen LogP contribution in [0.15, 0.2) is 18.2 Å². The first-order valence-corrected chi connectivity index (χ1v) is 5.15. The smallest absolute Gasteiger partial charge is 0.335 e. The topological polar surface area (TPSA) is 49.3 Å². The Balaban J connectivity index is 2.79. The Kier molecular flexibility index (Phi) is 3.97. The Bertz CT molecular complexity index is 364. The number of anilines is 1. The maximum atomic E-state index is 10.7. The summed E-state index contributed by atoms with van der Waals surface area (Å²) in [7, 11) is 0. The summed E-state index contributed by atoms with van der Waals surface area (Å²) in [6.45, 7) is 4.99. The van der Waals surface area contributed by atoms with Crippen LogP contribution in [-0.2, 0) is 0 Å². The van der Waals surface area contributed by atoms with Gasteiger partial charge in [0, 0.05) is 6.54 Å². The first-order valence-electron chi connectivity index (χ1n) is 4.77. The molecule has 0 fully saturated rings. The van der Waals surface area contributed by atoms with E-state index in [9.17, 15) is 4.79 Å². The second-order valence-corrected chi connectivity index (χ2v) is 4.18. The van der Waals surface area contributed by atoms with E-state index in [-0.39, 0.29) is 5.56 Å². The van der Waals surface area contributed by atoms with Crippen LogP contribution >= 0.6 is 11.6 Å². The summed E-state index contributed by atoms with van der Waals surface area (Å²) in [4.78, 5) is 10.7. The number of aromatic carboxylic acids is 1. The summed E-state index contributed by atoms with van der Waals surface area (Å²) >= 11 is 5.93. The molecular formula is C11H14ClNO2. The lowest BCUT2D eigenvalue weighted by molar-refractivity contribution is 0.0697. The normalized spacial score (nSPS) is 10.4. The molecule has 0 aliphatic rings. The Morgan fingerprint density at radius 3 is 2.67 bits per heavy atom. The minimum absolute atomic E-state index is 0.204. The summed E-state index contributed by atoms with van der Waals surface area (Å²) in [5.41, 5.74) is 0.977. The molecule has 0 saturated carbocycles. The first-order chi connectivity index (χ1) is 7.00. The van der Waals surface area contributed by atoms with E-state index >= 15 is 0 Å². The van der Waals surface area contributed by atoms with Crippen molar-refractivity contribution in [2.24, 2.45) is 5.92 Å². The predicted molar refractivity (Wildman–Crippen MR) is 61.7 cm³/mol. The number of nitrogens with one attached hydrogen (secondary N) is 1. The third-order valence-corrected chi connectivity index (χ3v) is 2.23. The van der Waals surface area contributed by atoms with Gasteiger partial charge in [-0.1, -0.05) is 25.4 Å². The highest BCUT2D eigenvalue weighted by molar-refractivity contribution is 6.33. The van der Waals surface area contributed by atoms with Crippen molar-refractivity contribution in [1.82, 2.24) is 0 Å². The maximum Gasteiger partial charge on any atom is 0.335 e. The van der Waals surface area contributed by atoms with Crippen LogP contribution in [0.1, 0.15) is 24.2 Å². The highest BCUT2D eigenvalue weighted by Gasteiger charge is 2.06. The molecular weight excluding hydrogens is 214 g/mol. The fourth-order valence-electron chi connectivity index (χ4n) is 1.11. The summed E-state index contributed by atoms with van der Waals surface area (Å²) in [5.74, 6) is -0.451. The molecule has 4 heteroatoms. The van der Waals surface area contributed by atoms with Gasteiger partial charge in [-0.2, -0.15) is 0 Å². The van der Waals surface area contributed by atoms with E-state index in [1.165, 1.54) is 12.1 Å². The lowest BCUT2D eigenvalue weighted by Crippen LogP contribution is -2.08. The molecule has 1 rings (SSSR count). The minimum Gasteiger partial charge on any atom is -0.478 e. The first kappa shape index (κ1) is 11.9. The second-order valence-electron chi connectivity index (χ2n) is 3.77. The summed E-state index contributed by atoms with van der Waals surface area (Å²) in [5, 5.41) is 12.3. The standard InChI is InChI=1S/C11H14ClNO2/c1-7(2)6-13-10-4-3-8(11(14)15)5-9(10)12/h3-5,7,13H,6H2,1-2H3,(H,14,15). The summed E-state index contributed by atoms with van der Waals surface area (Å²) in [6.07, 6.45) is 0. The van der Waals surface area contributed by atoms with Gasteiger partial charge in [-0.05, 0) is 24.1 Å². The molecule has 0 aliphatic heterocycles. The molecule has 2 N–H and O–H groups in total. The summed E-state index contributed by atoms with van der Waals surface area (Å²) in [6, 6.07) is 4.68. The van der Waals surface area contributed by atoms with Crippen molar-refractivity contribution < 1.29 is 9.90 Å². The van der Waals surface area contributed by atoms with E-state index in [2.05, 4.69) is 19.2 Å². The maximum absolute atomic E-state index is 10.7. The molecule has 0 bridgehead atoms. The number of benzene rings is 1. The third kappa shape index (κ3) is 3.44. The van der Waals surface area contributed by atoms with Crippen LogP contribution in [0.4, 0.5) is 5.69 Å². The Morgan fingerprint density at radius 1 is 1.53 bits per heavy atom. The van der Waals surface area contributed by atoms with Crippen LogP contribution in [-0.4, -0.2) is 17.6 Å². The molecule has 0 unspecified atom stereocenters. The highest BCUT2D eigenvalue weighted by Crippen LogP contribution is 2.23. The Hall–Kier alpha value is -1.22. The van der Waals surface area contributed by atoms with E-state index in [0.717, 1.165) is 12.2 Å². The van der Waals surface area contributed by atoms with Crippen LogP contribution in [0.5, 0.6) is 0 Å². The number of rotatable bonds is 4. The van der Waals surface area contributed by atoms with E-state index in [1.54, 1.807) is 6.07 Å². The average molecular weight is 228 g/mol. The zero-order valence-electron chi connectivity index (χ0n) is 8.75. The number of halogens is 1. The Morgan fingerprint density at radius 2 is 2.20 bits per heavy atom. The van der Waals surface area contributed by atoms with Gasteiger partial charge in [-0.15, -0.1) is 0 Å². The van der Waals surface area contributed by atoms with Crippen LogP contribution in [0, 0.1) is 5.92 Å². The molecule has 0 atom stereocenters. The number of carboxylic acid groups (broad SMARTS) is 1. The molecule has 1 aromatic rings. The largest absolute Gasteiger partial charge is 0.478 e. The molecule has 0 heterocycles. The molecule has 0 aromatic heterocycles. The van der Waals surface area contributed by atoms with Crippen molar-refractivity contribution in [3.63, 3.8) is 0 Å². The van der Waals surface area contributed by atoms with Crippen molar-refractivity contribution in [1.29, 1.82) is 0 Å². The van der Waals surface area contributed by atoms with Crippen LogP contribution in [0.2, 0.25) is 5.02 Å². The quantitative estimate of drug-likeness (QED) is 0.831. The molecule has 0 saturated heterocycles. The fraction of sp³-hybridized carbons (Fsp3) is 0.364. The molecule has 0 spiro atoms. The van der Waals surface area contributed by atoms with Crippen molar-refractivity contribution >= 4 is 23.3 Å². The van der Waals surface area contributed by atoms with Gasteiger partial charge in [-0.25, -0.2) is 4.79 Å². The van der Waals surface area contributed by atoms with Crippen molar-refractivity contribution in [3.8, 4) is 0 Å². The monoisotopic (exact) mass is 227 g/mol. The van der Waals surface area contributed by atoms with Gasteiger partial charge in [-0.3, -0.25) is 0 Å². The van der Waals surface area contributed by atoms with Crippen molar-refractivity contribution in [3.05, 3.63) is 28.8 Å². The van der Waals surface area contributed by atoms with Gasteiger partial charge in [0.2, 0.25) is 0 Å². The van der Waals surface area contributed by atoms with E-state index in [1.807, 2.05) is 0 Å². The SMILES string of the molecule is CC(C)CNc1ccc(C(=O)O)cc1Cl. The third-order valence-electron chi connectivity index (χ3n) is 1.92. The molecule has 0 amide bonds. The number of carbonyl (C=O) groups is 1. The van der Waals surface area contributed by atoms with Gasteiger partial charge in [0.05, 0.1) is 16.3 Å². The van der Waals surface area contributed by atoms with Gasteiger partial charge < -0.3 is 10.4 Å². The van der Waals surface area contributed by atoms with E-state index in [4.69, 9.17) is 16.7 Å². The molecule has 82 valence electrons. The second kappa shape index (κ2) is 5.03. The van der Waals surface area contributed by atoms with E-state index in [0.29, 0.717) is 10.9 Å². The molecule has 15 heavy (non-hydrogen) atoms. The number of carboxylic acids is 1. The van der Waals surface area contributed by atoms with Crippen LogP contribution in [0.25, 0.3) is 0 Å². The molecule has 1 aromatic carbocycles. The average Bonchev–Trinajstić information content (AvgIpc) is 2.15. The van der Waals surface area contributed by atoms with Crippen molar-refractivity contribution in [2.75, 3.05) is 11.9 Å². The van der Waals surface area contributed by atoms with E-state index < -0.39 is 5.97 Å². The van der Waals surface area contributed by atoms with Crippen LogP contribution < -0.4 is 5.32 Å². The fourth-order valence-corrected chi connectivity index (χ4v) is 1.35. The van der Waals surface area contributed by atoms with Gasteiger partial charge >= 0.3 is 5.97 Å². The lowest BCUT2D eigenvalue weighted by Gasteiger charge is -2.10. The van der Waals surface area contributed by atoms with Crippen LogP contribution in [0.3, 0.4) is 0 Å². The van der Waals surface area contributed by atoms with Gasteiger partial charge in [0.25, 0.3) is 0 Å². The Labute approximate surface area is 94.1 Å². The van der Waals surface area contributed by atoms with Gasteiger partial charge in [0.1, 0.15) is 0 Å². The molecule has 3 nitrogen and oxygen atoms in total. The van der Waals surface area contributed by atoms with Crippen molar-refractivity contribution in [2.45, 2.75) is 13.8 Å². The lowest BCUT2D eigenvalue weighted by atomic mass is 10.2. The van der Waals surface area contributed by atoms with Gasteiger partial charge in [0.15, 0.2) is 0 Å². The highest BCUT2D eigenvalue weighted by atomic mass is 35.5.